The number of thiophene rings is 1. The Hall–Kier alpha value is -2.98. The molecule has 2 N–H and O–H groups in total. The third-order valence-corrected chi connectivity index (χ3v) is 6.79. The molecule has 2 aromatic heterocycles. The number of amides is 1. The molecule has 0 fully saturated rings. The Bertz CT molecular complexity index is 1360. The van der Waals surface area contributed by atoms with Gasteiger partial charge in [-0.1, -0.05) is 11.2 Å². The second kappa shape index (κ2) is 8.04. The molecule has 0 atom stereocenters. The van der Waals surface area contributed by atoms with Crippen LogP contribution in [0.5, 0.6) is 0 Å². The number of hydrogen-bond acceptors (Lipinski definition) is 7. The van der Waals surface area contributed by atoms with E-state index in [2.05, 4.69) is 15.2 Å². The van der Waals surface area contributed by atoms with Crippen LogP contribution >= 0.6 is 11.3 Å². The van der Waals surface area contributed by atoms with E-state index in [1.165, 1.54) is 25.3 Å². The van der Waals surface area contributed by atoms with Crippen LogP contribution in [0.4, 0.5) is 11.6 Å². The number of carbonyl (C=O) groups excluding carboxylic acids is 2. The summed E-state index contributed by atoms with van der Waals surface area (Å²) in [5.74, 6) is -1.31. The van der Waals surface area contributed by atoms with Crippen LogP contribution in [0.15, 0.2) is 33.0 Å². The number of rotatable bonds is 6. The van der Waals surface area contributed by atoms with E-state index >= 15 is 0 Å². The zero-order valence-corrected chi connectivity index (χ0v) is 18.2. The molecule has 0 bridgehead atoms. The molecule has 0 spiro atoms. The second-order valence-electron chi connectivity index (χ2n) is 6.72. The van der Waals surface area contributed by atoms with Crippen LogP contribution in [0, 0.1) is 27.6 Å². The molecule has 0 aliphatic carbocycles. The van der Waals surface area contributed by atoms with Gasteiger partial charge in [-0.25, -0.2) is 13.1 Å². The minimum atomic E-state index is -4.32. The highest BCUT2D eigenvalue weighted by molar-refractivity contribution is 7.93. The summed E-state index contributed by atoms with van der Waals surface area (Å²) in [6, 6.07) is 4.69. The number of aromatic nitrogens is 1. The lowest BCUT2D eigenvalue weighted by molar-refractivity contribution is 0.101. The average molecular weight is 451 g/mol. The van der Waals surface area contributed by atoms with Crippen LogP contribution in [0.1, 0.15) is 53.4 Å². The maximum Gasteiger partial charge on any atom is 0.267 e. The van der Waals surface area contributed by atoms with Gasteiger partial charge < -0.3 is 9.84 Å². The molecule has 0 saturated carbocycles. The molecule has 10 heteroatoms. The molecule has 3 rings (SSSR count). The Balaban J connectivity index is 1.94. The Kier molecular flexibility index (Phi) is 4.78. The Morgan fingerprint density at radius 3 is 2.60 bits per heavy atom. The van der Waals surface area contributed by atoms with Crippen LogP contribution in [0.3, 0.4) is 0 Å². The number of nitrogens with zero attached hydrogens (tertiary/aromatic N) is 1. The number of ketones is 1. The maximum atomic E-state index is 13.0. The van der Waals surface area contributed by atoms with Crippen molar-refractivity contribution in [3.63, 3.8) is 0 Å². The van der Waals surface area contributed by atoms with Gasteiger partial charge in [-0.05, 0) is 63.2 Å². The van der Waals surface area contributed by atoms with Crippen LogP contribution in [0.2, 0.25) is 0 Å². The highest BCUT2D eigenvalue weighted by Gasteiger charge is 2.27. The molecule has 8 nitrogen and oxygen atoms in total. The molecule has 0 unspecified atom stereocenters. The van der Waals surface area contributed by atoms with Crippen molar-refractivity contribution in [2.24, 2.45) is 0 Å². The van der Waals surface area contributed by atoms with E-state index < -0.39 is 22.8 Å². The van der Waals surface area contributed by atoms with E-state index in [0.29, 0.717) is 16.8 Å². The fourth-order valence-electron chi connectivity index (χ4n) is 2.86. The van der Waals surface area contributed by atoms with Crippen molar-refractivity contribution < 1.29 is 26.6 Å². The van der Waals surface area contributed by atoms with Crippen molar-refractivity contribution in [3.05, 3.63) is 56.4 Å². The van der Waals surface area contributed by atoms with Crippen molar-refractivity contribution in [2.75, 3.05) is 10.0 Å². The number of benzene rings is 1. The van der Waals surface area contributed by atoms with E-state index in [1.807, 2.05) is 6.92 Å². The summed E-state index contributed by atoms with van der Waals surface area (Å²) >= 11 is 0.899. The van der Waals surface area contributed by atoms with Gasteiger partial charge in [0.25, 0.3) is 15.9 Å². The summed E-state index contributed by atoms with van der Waals surface area (Å²) < 4.78 is 55.3. The van der Waals surface area contributed by atoms with Crippen LogP contribution in [0.25, 0.3) is 0 Å². The summed E-state index contributed by atoms with van der Waals surface area (Å²) in [4.78, 5) is 24.6. The summed E-state index contributed by atoms with van der Waals surface area (Å²) in [5, 5.41) is 7.51. The first-order valence-corrected chi connectivity index (χ1v) is 11.1. The minimum Gasteiger partial charge on any atom is -0.337 e. The molecule has 0 aliphatic rings. The highest BCUT2D eigenvalue weighted by atomic mass is 32.2. The first-order valence-electron chi connectivity index (χ1n) is 10.2. The predicted molar refractivity (Wildman–Crippen MR) is 115 cm³/mol. The quantitative estimate of drug-likeness (QED) is 0.543. The number of carbonyl (C=O) groups is 2. The van der Waals surface area contributed by atoms with Gasteiger partial charge in [-0.15, -0.1) is 11.3 Å². The summed E-state index contributed by atoms with van der Waals surface area (Å²) in [6.45, 7) is 3.72. The van der Waals surface area contributed by atoms with Gasteiger partial charge in [0.05, 0.1) is 11.4 Å². The standard InChI is InChI=1S/C20H21N3O5S2/c1-10-8-11(2)17(15(9-10)14(5)24)21-19(25)18-16(6-7-29-18)30(26,27)23-20-12(3)13(4)22-28-20/h6-9,23H,1-5H3,(H,21,25)/i4D3. The molecule has 0 radical (unpaired) electrons. The molecular weight excluding hydrogens is 426 g/mol. The van der Waals surface area contributed by atoms with E-state index in [4.69, 9.17) is 8.64 Å². The lowest BCUT2D eigenvalue weighted by Gasteiger charge is -2.14. The number of Topliss-reactive ketones (excluding diaryl/α,β-unsaturated/α-hetero) is 1. The molecule has 1 aromatic carbocycles. The molecule has 0 aliphatic heterocycles. The van der Waals surface area contributed by atoms with Crippen molar-refractivity contribution in [2.45, 2.75) is 39.4 Å². The number of anilines is 2. The van der Waals surface area contributed by atoms with Gasteiger partial charge in [-0.2, -0.15) is 0 Å². The third kappa shape index (κ3) is 4.14. The zero-order chi connectivity index (χ0) is 24.7. The highest BCUT2D eigenvalue weighted by Crippen LogP contribution is 2.29. The van der Waals surface area contributed by atoms with E-state index in [9.17, 15) is 18.0 Å². The van der Waals surface area contributed by atoms with Gasteiger partial charge >= 0.3 is 0 Å². The Morgan fingerprint density at radius 2 is 1.97 bits per heavy atom. The Labute approximate surface area is 182 Å². The normalized spacial score (nSPS) is 13.3. The molecule has 0 saturated heterocycles. The van der Waals surface area contributed by atoms with E-state index in [1.54, 1.807) is 19.1 Å². The summed E-state index contributed by atoms with van der Waals surface area (Å²) in [7, 11) is -4.32. The van der Waals surface area contributed by atoms with Crippen LogP contribution in [-0.2, 0) is 10.0 Å². The fraction of sp³-hybridized carbons (Fsp3) is 0.250. The lowest BCUT2D eigenvalue weighted by atomic mass is 10.0. The fourth-order valence-corrected chi connectivity index (χ4v) is 5.23. The molecule has 1 amide bonds. The Morgan fingerprint density at radius 1 is 1.23 bits per heavy atom. The number of nitrogens with one attached hydrogen (secondary N) is 2. The molecule has 30 heavy (non-hydrogen) atoms. The van der Waals surface area contributed by atoms with Crippen LogP contribution in [-0.4, -0.2) is 25.3 Å². The monoisotopic (exact) mass is 450 g/mol. The van der Waals surface area contributed by atoms with Gasteiger partial charge in [0.15, 0.2) is 5.78 Å². The van der Waals surface area contributed by atoms with Gasteiger partial charge in [0.1, 0.15) is 9.77 Å². The first kappa shape index (κ1) is 17.8. The largest absolute Gasteiger partial charge is 0.337 e. The van der Waals surface area contributed by atoms with Gasteiger partial charge in [0.2, 0.25) is 5.88 Å². The number of hydrogen-bond donors (Lipinski definition) is 2. The maximum absolute atomic E-state index is 13.0. The van der Waals surface area contributed by atoms with Crippen molar-refractivity contribution in [1.29, 1.82) is 0 Å². The SMILES string of the molecule is [2H]C([2H])([2H])c1noc(NS(=O)(=O)c2ccsc2C(=O)Nc2c(C)cc(C)cc2C(C)=O)c1C. The third-order valence-electron chi connectivity index (χ3n) is 4.37. The predicted octanol–water partition coefficient (Wildman–Crippen LogP) is 4.23. The summed E-state index contributed by atoms with van der Waals surface area (Å²) in [5.41, 5.74) is 1.77. The van der Waals surface area contributed by atoms with Gasteiger partial charge in [0, 0.05) is 15.2 Å². The topological polar surface area (TPSA) is 118 Å². The molecule has 2 heterocycles. The van der Waals surface area contributed by atoms with E-state index in [0.717, 1.165) is 16.9 Å². The first-order chi connectivity index (χ1) is 15.2. The average Bonchev–Trinajstić information content (AvgIpc) is 3.31. The van der Waals surface area contributed by atoms with Crippen molar-refractivity contribution >= 4 is 44.6 Å². The van der Waals surface area contributed by atoms with Gasteiger partial charge in [-0.3, -0.25) is 9.59 Å². The van der Waals surface area contributed by atoms with Crippen molar-refractivity contribution in [1.82, 2.24) is 5.16 Å². The smallest absolute Gasteiger partial charge is 0.267 e. The molecular formula is C20H21N3O5S2. The lowest BCUT2D eigenvalue weighted by Crippen LogP contribution is -2.20. The van der Waals surface area contributed by atoms with Crippen molar-refractivity contribution in [3.8, 4) is 0 Å². The summed E-state index contributed by atoms with van der Waals surface area (Å²) in [6.07, 6.45) is 0. The second-order valence-corrected chi connectivity index (χ2v) is 9.29. The molecule has 3 aromatic rings. The molecule has 158 valence electrons. The van der Waals surface area contributed by atoms with Crippen LogP contribution < -0.4 is 10.0 Å². The van der Waals surface area contributed by atoms with E-state index in [-0.39, 0.29) is 32.7 Å². The minimum absolute atomic E-state index is 0.0150. The zero-order valence-electron chi connectivity index (χ0n) is 19.6. The number of aryl methyl sites for hydroxylation is 3. The number of sulfonamides is 1.